The zero-order valence-corrected chi connectivity index (χ0v) is 10.7. The van der Waals surface area contributed by atoms with Gasteiger partial charge in [-0.2, -0.15) is 0 Å². The third-order valence-electron chi connectivity index (χ3n) is 2.92. The maximum atomic E-state index is 6.06. The van der Waals surface area contributed by atoms with Crippen LogP contribution in [0.3, 0.4) is 0 Å². The van der Waals surface area contributed by atoms with E-state index in [0.717, 1.165) is 23.6 Å². The van der Waals surface area contributed by atoms with Gasteiger partial charge in [0, 0.05) is 18.7 Å². The number of ether oxygens (including phenoxy) is 1. The topological polar surface area (TPSA) is 66.0 Å². The maximum absolute atomic E-state index is 6.06. The molecular weight excluding hydrogens is 228 g/mol. The molecule has 0 aliphatic rings. The Morgan fingerprint density at radius 3 is 2.83 bits per heavy atom. The van der Waals surface area contributed by atoms with Gasteiger partial charge in [0.05, 0.1) is 0 Å². The Morgan fingerprint density at radius 2 is 2.17 bits per heavy atom. The molecule has 0 saturated carbocycles. The van der Waals surface area contributed by atoms with Gasteiger partial charge in [0.2, 0.25) is 0 Å². The molecule has 1 aromatic heterocycles. The highest BCUT2D eigenvalue weighted by Crippen LogP contribution is 2.25. The van der Waals surface area contributed by atoms with Crippen molar-refractivity contribution in [1.29, 1.82) is 0 Å². The Kier molecular flexibility index (Phi) is 3.94. The minimum atomic E-state index is 0.000645. The molecule has 5 heteroatoms. The highest BCUT2D eigenvalue weighted by molar-refractivity contribution is 5.35. The fourth-order valence-electron chi connectivity index (χ4n) is 1.72. The van der Waals surface area contributed by atoms with E-state index in [9.17, 15) is 0 Å². The normalized spacial score (nSPS) is 12.4. The van der Waals surface area contributed by atoms with E-state index in [0.29, 0.717) is 6.61 Å². The number of aryl methyl sites for hydroxylation is 1. The van der Waals surface area contributed by atoms with Gasteiger partial charge in [-0.05, 0) is 12.5 Å². The summed E-state index contributed by atoms with van der Waals surface area (Å²) in [6.45, 7) is 2.45. The molecule has 18 heavy (non-hydrogen) atoms. The van der Waals surface area contributed by atoms with Crippen LogP contribution >= 0.6 is 0 Å². The molecule has 0 radical (unpaired) electrons. The Balaban J connectivity index is 2.12. The van der Waals surface area contributed by atoms with E-state index in [1.165, 1.54) is 0 Å². The molecule has 2 rings (SSSR count). The van der Waals surface area contributed by atoms with Gasteiger partial charge in [0.25, 0.3) is 0 Å². The fraction of sp³-hybridized carbons (Fsp3) is 0.385. The number of hydrogen-bond acceptors (Lipinski definition) is 4. The summed E-state index contributed by atoms with van der Waals surface area (Å²) in [5, 5.41) is 7.80. The van der Waals surface area contributed by atoms with Crippen LogP contribution in [-0.4, -0.2) is 14.8 Å². The molecule has 1 heterocycles. The van der Waals surface area contributed by atoms with Crippen molar-refractivity contribution >= 4 is 0 Å². The molecule has 96 valence electrons. The predicted molar refractivity (Wildman–Crippen MR) is 69.0 cm³/mol. The van der Waals surface area contributed by atoms with Gasteiger partial charge >= 0.3 is 0 Å². The lowest BCUT2D eigenvalue weighted by Gasteiger charge is -2.15. The van der Waals surface area contributed by atoms with Crippen molar-refractivity contribution in [3.8, 4) is 5.75 Å². The van der Waals surface area contributed by atoms with E-state index in [2.05, 4.69) is 17.1 Å². The zero-order valence-electron chi connectivity index (χ0n) is 10.7. The SMILES string of the molecule is CCC(N)c1ccccc1OCc1nncn1C. The van der Waals surface area contributed by atoms with Crippen LogP contribution in [0.15, 0.2) is 30.6 Å². The molecule has 0 amide bonds. The first-order chi connectivity index (χ1) is 8.72. The molecule has 2 N–H and O–H groups in total. The summed E-state index contributed by atoms with van der Waals surface area (Å²) >= 11 is 0. The molecule has 1 aromatic carbocycles. The Morgan fingerprint density at radius 1 is 1.39 bits per heavy atom. The van der Waals surface area contributed by atoms with Crippen LogP contribution < -0.4 is 10.5 Å². The summed E-state index contributed by atoms with van der Waals surface area (Å²) in [5.41, 5.74) is 7.09. The van der Waals surface area contributed by atoms with E-state index in [4.69, 9.17) is 10.5 Å². The molecule has 0 aliphatic carbocycles. The highest BCUT2D eigenvalue weighted by atomic mass is 16.5. The lowest BCUT2D eigenvalue weighted by Crippen LogP contribution is -2.11. The Bertz CT molecular complexity index is 509. The second kappa shape index (κ2) is 5.64. The van der Waals surface area contributed by atoms with Gasteiger partial charge in [-0.25, -0.2) is 0 Å². The summed E-state index contributed by atoms with van der Waals surface area (Å²) in [6, 6.07) is 7.85. The van der Waals surface area contributed by atoms with Crippen molar-refractivity contribution in [2.75, 3.05) is 0 Å². The van der Waals surface area contributed by atoms with Crippen LogP contribution in [0.4, 0.5) is 0 Å². The number of nitrogens with zero attached hydrogens (tertiary/aromatic N) is 3. The molecule has 5 nitrogen and oxygen atoms in total. The minimum Gasteiger partial charge on any atom is -0.485 e. The smallest absolute Gasteiger partial charge is 0.170 e. The number of hydrogen-bond donors (Lipinski definition) is 1. The Hall–Kier alpha value is -1.88. The van der Waals surface area contributed by atoms with Crippen LogP contribution in [0.1, 0.15) is 30.8 Å². The van der Waals surface area contributed by atoms with E-state index >= 15 is 0 Å². The second-order valence-corrected chi connectivity index (χ2v) is 4.20. The van der Waals surface area contributed by atoms with Crippen molar-refractivity contribution in [3.05, 3.63) is 42.0 Å². The fourth-order valence-corrected chi connectivity index (χ4v) is 1.72. The summed E-state index contributed by atoms with van der Waals surface area (Å²) in [7, 11) is 1.89. The summed E-state index contributed by atoms with van der Waals surface area (Å²) in [4.78, 5) is 0. The molecule has 1 unspecified atom stereocenters. The molecule has 1 atom stereocenters. The molecule has 0 spiro atoms. The van der Waals surface area contributed by atoms with Gasteiger partial charge in [0.15, 0.2) is 5.82 Å². The first kappa shape index (κ1) is 12.6. The maximum Gasteiger partial charge on any atom is 0.170 e. The minimum absolute atomic E-state index is 0.000645. The van der Waals surface area contributed by atoms with Crippen molar-refractivity contribution < 1.29 is 4.74 Å². The number of nitrogens with two attached hydrogens (primary N) is 1. The molecule has 2 aromatic rings. The van der Waals surface area contributed by atoms with E-state index in [-0.39, 0.29) is 6.04 Å². The standard InChI is InChI=1S/C13H18N4O/c1-3-11(14)10-6-4-5-7-12(10)18-8-13-16-15-9-17(13)2/h4-7,9,11H,3,8,14H2,1-2H3. The predicted octanol–water partition coefficient (Wildman–Crippen LogP) is 1.80. The monoisotopic (exact) mass is 246 g/mol. The molecule has 0 bridgehead atoms. The van der Waals surface area contributed by atoms with Gasteiger partial charge < -0.3 is 15.0 Å². The van der Waals surface area contributed by atoms with Gasteiger partial charge in [0.1, 0.15) is 18.7 Å². The lowest BCUT2D eigenvalue weighted by molar-refractivity contribution is 0.286. The quantitative estimate of drug-likeness (QED) is 0.873. The molecular formula is C13H18N4O. The summed E-state index contributed by atoms with van der Waals surface area (Å²) in [6.07, 6.45) is 2.53. The molecule has 0 fully saturated rings. The van der Waals surface area contributed by atoms with Gasteiger partial charge in [-0.1, -0.05) is 25.1 Å². The van der Waals surface area contributed by atoms with Crippen LogP contribution in [0, 0.1) is 0 Å². The van der Waals surface area contributed by atoms with E-state index in [1.54, 1.807) is 6.33 Å². The van der Waals surface area contributed by atoms with Crippen LogP contribution in [0.5, 0.6) is 5.75 Å². The largest absolute Gasteiger partial charge is 0.485 e. The van der Waals surface area contributed by atoms with Crippen molar-refractivity contribution in [3.63, 3.8) is 0 Å². The van der Waals surface area contributed by atoms with Crippen LogP contribution in [0.2, 0.25) is 0 Å². The lowest BCUT2D eigenvalue weighted by atomic mass is 10.0. The summed E-state index contributed by atoms with van der Waals surface area (Å²) < 4.78 is 7.62. The second-order valence-electron chi connectivity index (χ2n) is 4.20. The van der Waals surface area contributed by atoms with Crippen molar-refractivity contribution in [2.24, 2.45) is 12.8 Å². The molecule has 0 saturated heterocycles. The van der Waals surface area contributed by atoms with Gasteiger partial charge in [-0.3, -0.25) is 0 Å². The first-order valence-electron chi connectivity index (χ1n) is 6.02. The van der Waals surface area contributed by atoms with Crippen molar-refractivity contribution in [2.45, 2.75) is 26.0 Å². The third kappa shape index (κ3) is 2.68. The summed E-state index contributed by atoms with van der Waals surface area (Å²) in [5.74, 6) is 1.60. The number of para-hydroxylation sites is 1. The van der Waals surface area contributed by atoms with Crippen LogP contribution in [0.25, 0.3) is 0 Å². The average Bonchev–Trinajstić information content (AvgIpc) is 2.81. The van der Waals surface area contributed by atoms with E-state index < -0.39 is 0 Å². The van der Waals surface area contributed by atoms with Gasteiger partial charge in [-0.15, -0.1) is 10.2 Å². The van der Waals surface area contributed by atoms with E-state index in [1.807, 2.05) is 35.9 Å². The third-order valence-corrected chi connectivity index (χ3v) is 2.92. The van der Waals surface area contributed by atoms with Crippen molar-refractivity contribution in [1.82, 2.24) is 14.8 Å². The number of rotatable bonds is 5. The first-order valence-corrected chi connectivity index (χ1v) is 6.02. The number of benzene rings is 1. The Labute approximate surface area is 107 Å². The molecule has 0 aliphatic heterocycles. The van der Waals surface area contributed by atoms with Crippen LogP contribution in [-0.2, 0) is 13.7 Å². The number of aromatic nitrogens is 3. The highest BCUT2D eigenvalue weighted by Gasteiger charge is 2.10. The zero-order chi connectivity index (χ0) is 13.0. The average molecular weight is 246 g/mol.